The van der Waals surface area contributed by atoms with Crippen LogP contribution in [0.1, 0.15) is 39.2 Å². The van der Waals surface area contributed by atoms with Gasteiger partial charge in [0.1, 0.15) is 0 Å². The molecule has 0 aromatic heterocycles. The first-order valence-corrected chi connectivity index (χ1v) is 7.46. The van der Waals surface area contributed by atoms with Crippen molar-refractivity contribution >= 4 is 11.8 Å². The van der Waals surface area contributed by atoms with Crippen molar-refractivity contribution in [3.05, 3.63) is 29.8 Å². The van der Waals surface area contributed by atoms with Crippen molar-refractivity contribution < 1.29 is 5.11 Å². The van der Waals surface area contributed by atoms with Crippen LogP contribution in [0.5, 0.6) is 0 Å². The van der Waals surface area contributed by atoms with Gasteiger partial charge in [-0.25, -0.2) is 0 Å². The molecule has 102 valence electrons. The fourth-order valence-electron chi connectivity index (χ4n) is 1.77. The molecule has 1 aromatic carbocycles. The number of aliphatic hydroxyl groups excluding tert-OH is 1. The Morgan fingerprint density at radius 2 is 1.67 bits per heavy atom. The number of thioether (sulfide) groups is 1. The minimum atomic E-state index is 0.0183. The molecule has 2 unspecified atom stereocenters. The molecule has 1 aromatic rings. The van der Waals surface area contributed by atoms with Gasteiger partial charge in [-0.1, -0.05) is 39.8 Å². The molecule has 1 rings (SSSR count). The van der Waals surface area contributed by atoms with Gasteiger partial charge in [-0.2, -0.15) is 0 Å². The van der Waals surface area contributed by atoms with Crippen molar-refractivity contribution in [3.8, 4) is 0 Å². The maximum Gasteiger partial charge on any atom is 0.0568 e. The summed E-state index contributed by atoms with van der Waals surface area (Å²) in [6.45, 7) is 8.68. The first-order valence-electron chi connectivity index (χ1n) is 6.58. The van der Waals surface area contributed by atoms with Gasteiger partial charge in [-0.3, -0.25) is 0 Å². The highest BCUT2D eigenvalue weighted by Crippen LogP contribution is 2.28. The Morgan fingerprint density at radius 1 is 1.11 bits per heavy atom. The molecule has 2 atom stereocenters. The van der Waals surface area contributed by atoms with E-state index in [-0.39, 0.29) is 17.9 Å². The van der Waals surface area contributed by atoms with Crippen molar-refractivity contribution in [2.24, 2.45) is 11.7 Å². The highest BCUT2D eigenvalue weighted by Gasteiger charge is 2.21. The number of hydrogen-bond donors (Lipinski definition) is 2. The van der Waals surface area contributed by atoms with Gasteiger partial charge in [0.05, 0.1) is 6.61 Å². The molecule has 3 N–H and O–H groups in total. The highest BCUT2D eigenvalue weighted by atomic mass is 32.2. The number of nitrogens with two attached hydrogens (primary N) is 1. The van der Waals surface area contributed by atoms with E-state index in [1.54, 1.807) is 11.8 Å². The Hall–Kier alpha value is -0.510. The van der Waals surface area contributed by atoms with Crippen LogP contribution in [0.4, 0.5) is 0 Å². The molecule has 0 spiro atoms. The van der Waals surface area contributed by atoms with E-state index in [1.807, 2.05) is 0 Å². The topological polar surface area (TPSA) is 46.2 Å². The van der Waals surface area contributed by atoms with E-state index < -0.39 is 0 Å². The van der Waals surface area contributed by atoms with Gasteiger partial charge in [-0.05, 0) is 29.5 Å². The summed E-state index contributed by atoms with van der Waals surface area (Å²) in [6, 6.07) is 8.57. The van der Waals surface area contributed by atoms with Crippen LogP contribution >= 0.6 is 11.8 Å². The molecule has 0 aliphatic heterocycles. The molecular formula is C15H25NOS. The predicted molar refractivity (Wildman–Crippen MR) is 80.1 cm³/mol. The van der Waals surface area contributed by atoms with E-state index in [4.69, 9.17) is 5.73 Å². The number of hydrogen-bond acceptors (Lipinski definition) is 3. The number of aliphatic hydroxyl groups is 1. The Kier molecular flexibility index (Phi) is 6.19. The summed E-state index contributed by atoms with van der Waals surface area (Å²) in [5.74, 6) is 0.931. The third kappa shape index (κ3) is 4.30. The van der Waals surface area contributed by atoms with Gasteiger partial charge in [0.2, 0.25) is 0 Å². The van der Waals surface area contributed by atoms with Crippen LogP contribution in [0.3, 0.4) is 0 Å². The van der Waals surface area contributed by atoms with Crippen LogP contribution in [0.2, 0.25) is 0 Å². The van der Waals surface area contributed by atoms with Gasteiger partial charge in [-0.15, -0.1) is 11.8 Å². The van der Waals surface area contributed by atoms with Crippen LogP contribution in [0.25, 0.3) is 0 Å². The van der Waals surface area contributed by atoms with Gasteiger partial charge in [0, 0.05) is 16.2 Å². The number of rotatable bonds is 6. The van der Waals surface area contributed by atoms with Gasteiger partial charge in [0.25, 0.3) is 0 Å². The van der Waals surface area contributed by atoms with E-state index >= 15 is 0 Å². The lowest BCUT2D eigenvalue weighted by atomic mass is 10.0. The SMILES string of the molecule is CC(C)c1ccc(SC(CO)C(N)C(C)C)cc1. The summed E-state index contributed by atoms with van der Waals surface area (Å²) < 4.78 is 0. The largest absolute Gasteiger partial charge is 0.395 e. The zero-order chi connectivity index (χ0) is 13.7. The highest BCUT2D eigenvalue weighted by molar-refractivity contribution is 8.00. The van der Waals surface area contributed by atoms with Crippen LogP contribution in [0.15, 0.2) is 29.2 Å². The molecule has 0 amide bonds. The third-order valence-corrected chi connectivity index (χ3v) is 4.52. The standard InChI is InChI=1S/C15H25NOS/c1-10(2)12-5-7-13(8-6-12)18-14(9-17)15(16)11(3)4/h5-8,10-11,14-15,17H,9,16H2,1-4H3. The summed E-state index contributed by atoms with van der Waals surface area (Å²) in [5, 5.41) is 9.51. The summed E-state index contributed by atoms with van der Waals surface area (Å²) in [4.78, 5) is 1.18. The quantitative estimate of drug-likeness (QED) is 0.778. The molecule has 3 heteroatoms. The van der Waals surface area contributed by atoms with E-state index in [2.05, 4.69) is 52.0 Å². The molecule has 18 heavy (non-hydrogen) atoms. The fourth-order valence-corrected chi connectivity index (χ4v) is 2.96. The Bertz CT molecular complexity index is 348. The van der Waals surface area contributed by atoms with Crippen LogP contribution in [-0.4, -0.2) is 23.0 Å². The fraction of sp³-hybridized carbons (Fsp3) is 0.600. The zero-order valence-electron chi connectivity index (χ0n) is 11.8. The van der Waals surface area contributed by atoms with Gasteiger partial charge < -0.3 is 10.8 Å². The molecular weight excluding hydrogens is 242 g/mol. The summed E-state index contributed by atoms with van der Waals surface area (Å²) in [5.41, 5.74) is 7.46. The van der Waals surface area contributed by atoms with Crippen molar-refractivity contribution in [3.63, 3.8) is 0 Å². The Labute approximate surface area is 115 Å². The van der Waals surface area contributed by atoms with Crippen molar-refractivity contribution in [2.75, 3.05) is 6.61 Å². The first kappa shape index (κ1) is 15.5. The van der Waals surface area contributed by atoms with Crippen LogP contribution in [-0.2, 0) is 0 Å². The summed E-state index contributed by atoms with van der Waals surface area (Å²) in [6.07, 6.45) is 0. The lowest BCUT2D eigenvalue weighted by molar-refractivity contribution is 0.269. The minimum Gasteiger partial charge on any atom is -0.395 e. The van der Waals surface area contributed by atoms with E-state index in [1.165, 1.54) is 10.5 Å². The monoisotopic (exact) mass is 267 g/mol. The molecule has 0 radical (unpaired) electrons. The smallest absolute Gasteiger partial charge is 0.0568 e. The van der Waals surface area contributed by atoms with Crippen molar-refractivity contribution in [2.45, 2.75) is 49.8 Å². The average molecular weight is 267 g/mol. The Balaban J connectivity index is 2.70. The van der Waals surface area contributed by atoms with Crippen LogP contribution in [0, 0.1) is 5.92 Å². The van der Waals surface area contributed by atoms with E-state index in [9.17, 15) is 5.11 Å². The van der Waals surface area contributed by atoms with Crippen molar-refractivity contribution in [1.82, 2.24) is 0 Å². The third-order valence-electron chi connectivity index (χ3n) is 3.21. The lowest BCUT2D eigenvalue weighted by Crippen LogP contribution is -2.39. The lowest BCUT2D eigenvalue weighted by Gasteiger charge is -2.24. The average Bonchev–Trinajstić information content (AvgIpc) is 2.35. The molecule has 0 aliphatic carbocycles. The number of benzene rings is 1. The maximum absolute atomic E-state index is 9.45. The molecule has 0 aliphatic rings. The molecule has 0 saturated heterocycles. The van der Waals surface area contributed by atoms with E-state index in [0.29, 0.717) is 11.8 Å². The molecule has 0 fully saturated rings. The van der Waals surface area contributed by atoms with Crippen LogP contribution < -0.4 is 5.73 Å². The van der Waals surface area contributed by atoms with Gasteiger partial charge >= 0.3 is 0 Å². The first-order chi connectivity index (χ1) is 8.45. The normalized spacial score (nSPS) is 15.1. The molecule has 0 bridgehead atoms. The second-order valence-electron chi connectivity index (χ2n) is 5.38. The van der Waals surface area contributed by atoms with Gasteiger partial charge in [0.15, 0.2) is 0 Å². The Morgan fingerprint density at radius 3 is 2.06 bits per heavy atom. The minimum absolute atomic E-state index is 0.0183. The zero-order valence-corrected chi connectivity index (χ0v) is 12.6. The molecule has 0 heterocycles. The summed E-state index contributed by atoms with van der Waals surface area (Å²) in [7, 11) is 0. The molecule has 2 nitrogen and oxygen atoms in total. The second kappa shape index (κ2) is 7.17. The molecule has 0 saturated carbocycles. The summed E-state index contributed by atoms with van der Waals surface area (Å²) >= 11 is 1.67. The van der Waals surface area contributed by atoms with Crippen molar-refractivity contribution in [1.29, 1.82) is 0 Å². The van der Waals surface area contributed by atoms with E-state index in [0.717, 1.165) is 0 Å². The maximum atomic E-state index is 9.45. The second-order valence-corrected chi connectivity index (χ2v) is 6.70. The predicted octanol–water partition coefficient (Wildman–Crippen LogP) is 3.25.